The maximum Gasteiger partial charge on any atom is 0.472 e. The Morgan fingerprint density at radius 1 is 0.284 bits per heavy atom. The number of hydrogen-bond donors (Lipinski definition) is 3. The van der Waals surface area contributed by atoms with Gasteiger partial charge in [0.15, 0.2) is 12.2 Å². The van der Waals surface area contributed by atoms with Crippen LogP contribution in [0, 0.1) is 0 Å². The first kappa shape index (κ1) is 96.9. The van der Waals surface area contributed by atoms with Gasteiger partial charge in [-0.15, -0.1) is 0 Å². The van der Waals surface area contributed by atoms with E-state index in [0.717, 1.165) is 173 Å². The van der Waals surface area contributed by atoms with E-state index in [1.807, 2.05) is 0 Å². The third-order valence-electron chi connectivity index (χ3n) is 15.8. The molecule has 0 spiro atoms. The predicted octanol–water partition coefficient (Wildman–Crippen LogP) is 22.7. The van der Waals surface area contributed by atoms with Gasteiger partial charge in [0.25, 0.3) is 0 Å². The van der Waals surface area contributed by atoms with Crippen LogP contribution in [0.2, 0.25) is 0 Å². The van der Waals surface area contributed by atoms with E-state index >= 15 is 0 Å². The quantitative estimate of drug-likeness (QED) is 0.0169. The number of aliphatic hydroxyl groups excluding tert-OH is 1. The molecule has 5 unspecified atom stereocenters. The topological polar surface area (TPSA) is 237 Å². The van der Waals surface area contributed by atoms with Crippen LogP contribution in [0.1, 0.15) is 297 Å². The highest BCUT2D eigenvalue weighted by Crippen LogP contribution is 2.45. The van der Waals surface area contributed by atoms with Gasteiger partial charge in [-0.25, -0.2) is 9.13 Å². The number of esters is 4. The lowest BCUT2D eigenvalue weighted by Gasteiger charge is -2.21. The van der Waals surface area contributed by atoms with Crippen molar-refractivity contribution < 1.29 is 80.2 Å². The lowest BCUT2D eigenvalue weighted by atomic mass is 10.1. The first-order chi connectivity index (χ1) is 49.7. The summed E-state index contributed by atoms with van der Waals surface area (Å²) in [5, 5.41) is 10.6. The summed E-state index contributed by atoms with van der Waals surface area (Å²) in [5.41, 5.74) is 0. The highest BCUT2D eigenvalue weighted by Gasteiger charge is 2.30. The minimum absolute atomic E-state index is 0.0310. The highest BCUT2D eigenvalue weighted by molar-refractivity contribution is 7.47. The van der Waals surface area contributed by atoms with Crippen LogP contribution < -0.4 is 0 Å². The average Bonchev–Trinajstić information content (AvgIpc) is 0.939. The normalized spacial score (nSPS) is 14.7. The molecule has 0 radical (unpaired) electrons. The Morgan fingerprint density at radius 2 is 0.510 bits per heavy atom. The molecule has 0 saturated heterocycles. The second-order valence-electron chi connectivity index (χ2n) is 25.5. The fraction of sp³-hybridized carbons (Fsp3) is 0.663. The monoisotopic (exact) mass is 1470 g/mol. The maximum absolute atomic E-state index is 13.1. The molecule has 0 fully saturated rings. The average molecular weight is 1470 g/mol. The summed E-state index contributed by atoms with van der Waals surface area (Å²) in [6.45, 7) is 4.43. The number of unbranched alkanes of at least 4 members (excludes halogenated alkanes) is 22. The zero-order valence-corrected chi connectivity index (χ0v) is 65.3. The molecule has 0 heterocycles. The number of rotatable bonds is 72. The molecule has 0 aliphatic carbocycles. The summed E-state index contributed by atoms with van der Waals surface area (Å²) in [6.07, 6.45) is 84.1. The molecule has 0 aliphatic heterocycles. The summed E-state index contributed by atoms with van der Waals surface area (Å²) < 4.78 is 68.5. The number of carbonyl (C=O) groups excluding carboxylic acids is 4. The number of carbonyl (C=O) groups is 4. The Balaban J connectivity index is 5.40. The molecule has 0 aliphatic rings. The fourth-order valence-electron chi connectivity index (χ4n) is 9.96. The fourth-order valence-corrected chi connectivity index (χ4v) is 11.5. The van der Waals surface area contributed by atoms with Crippen molar-refractivity contribution in [3.63, 3.8) is 0 Å². The first-order valence-corrected chi connectivity index (χ1v) is 42.1. The number of hydrogen-bond acceptors (Lipinski definition) is 15. The van der Waals surface area contributed by atoms with E-state index in [1.165, 1.54) is 38.5 Å². The van der Waals surface area contributed by atoms with E-state index in [1.54, 1.807) is 0 Å². The van der Waals surface area contributed by atoms with Crippen LogP contribution in [0.25, 0.3) is 0 Å². The van der Waals surface area contributed by atoms with Crippen LogP contribution >= 0.6 is 15.6 Å². The Hall–Kier alpha value is -5.06. The van der Waals surface area contributed by atoms with Crippen LogP contribution in [0.3, 0.4) is 0 Å². The molecule has 0 aromatic rings. The van der Waals surface area contributed by atoms with Gasteiger partial charge in [0.2, 0.25) is 0 Å². The van der Waals surface area contributed by atoms with Crippen molar-refractivity contribution in [1.82, 2.24) is 0 Å². The van der Waals surface area contributed by atoms with E-state index in [2.05, 4.69) is 174 Å². The second kappa shape index (κ2) is 74.2. The van der Waals surface area contributed by atoms with E-state index in [9.17, 15) is 43.2 Å². The molecule has 0 amide bonds. The standard InChI is InChI=1S/C83H138O17P2/c1-5-9-13-17-21-25-29-32-35-37-38-40-43-45-49-52-56-60-64-68-81(86)94-74-79(100-83(88)70-66-62-58-54-50-46-41-34-31-27-23-19-15-11-7-3)76-98-102(91,92)96-72-77(84)71-95-101(89,90)97-75-78(99-82(87)69-65-61-57-53-47-28-24-20-16-12-8-4)73-93-80(85)67-63-59-55-51-48-44-42-39-36-33-30-26-22-18-14-10-6-2/h9-11,13-15,21-23,25-27,32-36,38,40-41,45,49-50,54,77-79,84H,5-8,12,16-20,24,28-31,37,39,42-44,46-48,51-53,55-76H2,1-4H3,(H,89,90)(H,91,92)/b13-9-,14-10-,15-11-,25-21-,26-22-,27-23-,35-32-,36-33-,40-38-,41-34-,49-45-,54-50-. The molecule has 19 heteroatoms. The van der Waals surface area contributed by atoms with E-state index in [-0.39, 0.29) is 25.7 Å². The minimum atomic E-state index is -5.00. The smallest absolute Gasteiger partial charge is 0.462 e. The van der Waals surface area contributed by atoms with Crippen molar-refractivity contribution >= 4 is 39.5 Å². The van der Waals surface area contributed by atoms with Crippen molar-refractivity contribution in [3.05, 3.63) is 146 Å². The maximum atomic E-state index is 13.1. The van der Waals surface area contributed by atoms with Gasteiger partial charge >= 0.3 is 39.5 Å². The van der Waals surface area contributed by atoms with Gasteiger partial charge in [0.1, 0.15) is 19.3 Å². The van der Waals surface area contributed by atoms with Crippen LogP contribution in [-0.4, -0.2) is 96.7 Å². The number of phosphoric ester groups is 2. The number of allylic oxidation sites excluding steroid dienone is 24. The highest BCUT2D eigenvalue weighted by atomic mass is 31.2. The molecule has 0 rings (SSSR count). The lowest BCUT2D eigenvalue weighted by Crippen LogP contribution is -2.30. The third-order valence-corrected chi connectivity index (χ3v) is 17.7. The summed E-state index contributed by atoms with van der Waals surface area (Å²) in [6, 6.07) is 0. The Morgan fingerprint density at radius 3 is 0.814 bits per heavy atom. The molecule has 0 aromatic carbocycles. The van der Waals surface area contributed by atoms with Gasteiger partial charge in [-0.05, 0) is 141 Å². The number of ether oxygens (including phenoxy) is 4. The zero-order chi connectivity index (χ0) is 74.6. The van der Waals surface area contributed by atoms with E-state index in [0.29, 0.717) is 32.1 Å². The molecule has 102 heavy (non-hydrogen) atoms. The molecule has 17 nitrogen and oxygen atoms in total. The van der Waals surface area contributed by atoms with E-state index < -0.39 is 97.5 Å². The van der Waals surface area contributed by atoms with E-state index in [4.69, 9.17) is 37.0 Å². The van der Waals surface area contributed by atoms with Gasteiger partial charge in [0.05, 0.1) is 26.4 Å². The summed E-state index contributed by atoms with van der Waals surface area (Å²) in [5.74, 6) is -2.27. The van der Waals surface area contributed by atoms with Crippen LogP contribution in [0.15, 0.2) is 146 Å². The molecule has 582 valence electrons. The SMILES string of the molecule is CC/C=C\C/C=C\C/C=C\C/C=C\C/C=C\CCCCCC(=O)OCC(COP(=O)(O)OCC(O)COP(=O)(O)OCC(COC(=O)CCCCCCCCC/C=C\C/C=C\C/C=C\CC)OC(=O)CCCCCCCCCCCCC)OC(=O)CCCC/C=C\C/C=C\C/C=C\C/C=C\CC. The zero-order valence-electron chi connectivity index (χ0n) is 63.5. The third kappa shape index (κ3) is 73.3. The molecule has 5 atom stereocenters. The van der Waals surface area contributed by atoms with Crippen molar-refractivity contribution in [2.75, 3.05) is 39.6 Å². The summed E-state index contributed by atoms with van der Waals surface area (Å²) in [4.78, 5) is 72.9. The molecular formula is C83H138O17P2. The van der Waals surface area contributed by atoms with Gasteiger partial charge < -0.3 is 33.8 Å². The van der Waals surface area contributed by atoms with Crippen LogP contribution in [-0.2, 0) is 65.4 Å². The number of phosphoric acid groups is 2. The first-order valence-electron chi connectivity index (χ1n) is 39.1. The largest absolute Gasteiger partial charge is 0.472 e. The van der Waals surface area contributed by atoms with Crippen LogP contribution in [0.5, 0.6) is 0 Å². The minimum Gasteiger partial charge on any atom is -0.462 e. The molecule has 0 aromatic heterocycles. The molecule has 0 bridgehead atoms. The van der Waals surface area contributed by atoms with Crippen molar-refractivity contribution in [3.8, 4) is 0 Å². The van der Waals surface area contributed by atoms with Crippen molar-refractivity contribution in [2.45, 2.75) is 316 Å². The summed E-state index contributed by atoms with van der Waals surface area (Å²) >= 11 is 0. The van der Waals surface area contributed by atoms with Gasteiger partial charge in [0, 0.05) is 25.7 Å². The van der Waals surface area contributed by atoms with Crippen molar-refractivity contribution in [1.29, 1.82) is 0 Å². The van der Waals surface area contributed by atoms with Gasteiger partial charge in [-0.2, -0.15) is 0 Å². The summed E-state index contributed by atoms with van der Waals surface area (Å²) in [7, 11) is -9.98. The Bertz CT molecular complexity index is 2510. The Kier molecular flexibility index (Phi) is 70.5. The van der Waals surface area contributed by atoms with Gasteiger partial charge in [-0.1, -0.05) is 276 Å². The molecular weight excluding hydrogens is 1330 g/mol. The van der Waals surface area contributed by atoms with Gasteiger partial charge in [-0.3, -0.25) is 37.3 Å². The second-order valence-corrected chi connectivity index (χ2v) is 28.4. The van der Waals surface area contributed by atoms with Crippen molar-refractivity contribution in [2.24, 2.45) is 0 Å². The number of aliphatic hydroxyl groups is 1. The molecule has 0 saturated carbocycles. The predicted molar refractivity (Wildman–Crippen MR) is 417 cm³/mol. The molecule has 3 N–H and O–H groups in total. The lowest BCUT2D eigenvalue weighted by molar-refractivity contribution is -0.161. The van der Waals surface area contributed by atoms with Crippen LogP contribution in [0.4, 0.5) is 0 Å². The Labute approximate surface area is 617 Å².